The van der Waals surface area contributed by atoms with Crippen molar-refractivity contribution in [2.24, 2.45) is 0 Å². The molecular weight excluding hydrogens is 538 g/mol. The van der Waals surface area contributed by atoms with Gasteiger partial charge in [-0.15, -0.1) is 0 Å². The number of para-hydroxylation sites is 1. The maximum atomic E-state index is 13.9. The summed E-state index contributed by atoms with van der Waals surface area (Å²) in [5.41, 5.74) is 0.623. The number of nitrogens with one attached hydrogen (secondary N) is 2. The Balaban J connectivity index is 1.44. The van der Waals surface area contributed by atoms with Gasteiger partial charge in [-0.3, -0.25) is 24.1 Å². The molecule has 41 heavy (non-hydrogen) atoms. The number of hydrogen-bond acceptors (Lipinski definition) is 10. The monoisotopic (exact) mass is 575 g/mol. The van der Waals surface area contributed by atoms with Gasteiger partial charge in [0.2, 0.25) is 23.6 Å². The number of nitrogens with zero attached hydrogens (tertiary/aromatic N) is 3. The van der Waals surface area contributed by atoms with E-state index in [4.69, 9.17) is 9.47 Å². The number of aliphatic hydroxyl groups excluding tert-OH is 2. The fourth-order valence-electron chi connectivity index (χ4n) is 6.18. The molecule has 4 saturated heterocycles. The van der Waals surface area contributed by atoms with Crippen LogP contribution in [0.3, 0.4) is 0 Å². The molecule has 0 spiro atoms. The predicted octanol–water partition coefficient (Wildman–Crippen LogP) is -2.85. The maximum Gasteiger partial charge on any atom is 0.249 e. The average Bonchev–Trinajstić information content (AvgIpc) is 3.46. The number of phenolic OH excluding ortho intramolecular Hbond substituents is 1. The first-order valence-electron chi connectivity index (χ1n) is 13.8. The molecule has 0 saturated carbocycles. The van der Waals surface area contributed by atoms with Gasteiger partial charge in [-0.2, -0.15) is 0 Å². The molecule has 5 N–H and O–H groups in total. The van der Waals surface area contributed by atoms with Gasteiger partial charge in [0.15, 0.2) is 0 Å². The zero-order chi connectivity index (χ0) is 29.3. The summed E-state index contributed by atoms with van der Waals surface area (Å²) in [5.74, 6) is -1.49. The van der Waals surface area contributed by atoms with Crippen molar-refractivity contribution in [1.82, 2.24) is 25.3 Å². The number of benzene rings is 1. The number of amides is 4. The molecule has 0 unspecified atom stereocenters. The van der Waals surface area contributed by atoms with Gasteiger partial charge in [-0.05, 0) is 12.5 Å². The fourth-order valence-corrected chi connectivity index (χ4v) is 6.18. The van der Waals surface area contributed by atoms with E-state index >= 15 is 0 Å². The highest BCUT2D eigenvalue weighted by molar-refractivity contribution is 5.90. The van der Waals surface area contributed by atoms with E-state index in [1.54, 1.807) is 29.2 Å². The molecule has 0 radical (unpaired) electrons. The third kappa shape index (κ3) is 6.16. The van der Waals surface area contributed by atoms with Crippen LogP contribution in [0.15, 0.2) is 24.3 Å². The summed E-state index contributed by atoms with van der Waals surface area (Å²) < 4.78 is 10.7. The van der Waals surface area contributed by atoms with E-state index in [9.17, 15) is 34.5 Å². The van der Waals surface area contributed by atoms with Gasteiger partial charge < -0.3 is 45.2 Å². The quantitative estimate of drug-likeness (QED) is 0.251. The van der Waals surface area contributed by atoms with Crippen molar-refractivity contribution in [3.63, 3.8) is 0 Å². The minimum Gasteiger partial charge on any atom is -0.508 e. The Morgan fingerprint density at radius 3 is 2.59 bits per heavy atom. The maximum absolute atomic E-state index is 13.9. The summed E-state index contributed by atoms with van der Waals surface area (Å²) in [5, 5.41) is 37.0. The molecule has 4 heterocycles. The SMILES string of the molecule is COCC(=O)N1CCN2C[C@H]1C(=O)NC[C@H]1O[C@@H](CC(=O)N[C@H]3C[C@@H](C2=O)N(Cc2ccccc2O)C3)[C@H](O)[C@@H]1O. The first kappa shape index (κ1) is 29.2. The molecule has 4 aliphatic rings. The van der Waals surface area contributed by atoms with Crippen molar-refractivity contribution in [1.29, 1.82) is 0 Å². The second-order valence-corrected chi connectivity index (χ2v) is 11.0. The molecule has 4 amide bonds. The molecule has 4 aliphatic heterocycles. The number of phenols is 1. The van der Waals surface area contributed by atoms with E-state index in [1.165, 1.54) is 12.0 Å². The standard InChI is InChI=1S/C27H37N5O9/c1-40-14-23(35)32-7-6-30-13-18(32)26(38)28-10-21-25(37)24(36)20(41-21)9-22(34)29-16-8-17(27(30)39)31(12-16)11-15-4-2-3-5-19(15)33/h2-5,16-18,20-21,24-25,33,36-37H,6-14H2,1H3,(H,28,38)(H,29,34)/t16-,17-,18-,20-,21+,24-,25+/m0/s1. The summed E-state index contributed by atoms with van der Waals surface area (Å²) >= 11 is 0. The largest absolute Gasteiger partial charge is 0.508 e. The number of aliphatic hydroxyl groups is 2. The number of ether oxygens (including phenoxy) is 2. The summed E-state index contributed by atoms with van der Waals surface area (Å²) in [6.07, 6.45) is -4.54. The number of carbonyl (C=O) groups is 4. The number of piperazine rings is 1. The van der Waals surface area contributed by atoms with E-state index in [0.29, 0.717) is 12.1 Å². The van der Waals surface area contributed by atoms with E-state index in [0.717, 1.165) is 0 Å². The van der Waals surface area contributed by atoms with E-state index in [1.807, 2.05) is 4.90 Å². The van der Waals surface area contributed by atoms with Crippen LogP contribution in [0.25, 0.3) is 0 Å². The van der Waals surface area contributed by atoms with Crippen LogP contribution in [0.5, 0.6) is 5.75 Å². The zero-order valence-electron chi connectivity index (χ0n) is 22.8. The lowest BCUT2D eigenvalue weighted by atomic mass is 10.0. The number of aromatic hydroxyl groups is 1. The second-order valence-electron chi connectivity index (χ2n) is 11.0. The average molecular weight is 576 g/mol. The van der Waals surface area contributed by atoms with Crippen molar-refractivity contribution in [3.05, 3.63) is 29.8 Å². The topological polar surface area (TPSA) is 181 Å². The van der Waals surface area contributed by atoms with Gasteiger partial charge in [0, 0.05) is 51.4 Å². The van der Waals surface area contributed by atoms with E-state index in [-0.39, 0.29) is 63.8 Å². The number of hydrogen-bond donors (Lipinski definition) is 5. The first-order valence-corrected chi connectivity index (χ1v) is 13.8. The summed E-state index contributed by atoms with van der Waals surface area (Å²) in [6.45, 7) is 0.448. The zero-order valence-corrected chi connectivity index (χ0v) is 22.8. The molecular formula is C27H37N5O9. The Bertz CT molecular complexity index is 1170. The van der Waals surface area contributed by atoms with Gasteiger partial charge in [0.25, 0.3) is 0 Å². The van der Waals surface area contributed by atoms with E-state index in [2.05, 4.69) is 10.6 Å². The summed E-state index contributed by atoms with van der Waals surface area (Å²) in [6, 6.07) is 4.76. The molecule has 14 nitrogen and oxygen atoms in total. The lowest BCUT2D eigenvalue weighted by molar-refractivity contribution is -0.152. The molecule has 0 aliphatic carbocycles. The highest BCUT2D eigenvalue weighted by Crippen LogP contribution is 2.28. The number of rotatable bonds is 4. The molecule has 0 aromatic heterocycles. The number of likely N-dealkylation sites (tertiary alicyclic amines) is 1. The molecule has 14 heteroatoms. The molecule has 1 aromatic rings. The van der Waals surface area contributed by atoms with Crippen molar-refractivity contribution in [2.75, 3.05) is 46.4 Å². The predicted molar refractivity (Wildman–Crippen MR) is 141 cm³/mol. The molecule has 7 atom stereocenters. The highest BCUT2D eigenvalue weighted by Gasteiger charge is 2.46. The van der Waals surface area contributed by atoms with Crippen molar-refractivity contribution >= 4 is 23.6 Å². The minimum absolute atomic E-state index is 0.0581. The highest BCUT2D eigenvalue weighted by atomic mass is 16.5. The van der Waals surface area contributed by atoms with Crippen LogP contribution < -0.4 is 10.6 Å². The normalized spacial score (nSPS) is 33.0. The van der Waals surface area contributed by atoms with Crippen LogP contribution in [0, 0.1) is 0 Å². The van der Waals surface area contributed by atoms with Crippen molar-refractivity contribution in [3.8, 4) is 5.75 Å². The molecule has 1 aromatic carbocycles. The second kappa shape index (κ2) is 12.3. The molecule has 5 rings (SSSR count). The minimum atomic E-state index is -1.33. The van der Waals surface area contributed by atoms with Crippen LogP contribution in [-0.4, -0.2) is 143 Å². The summed E-state index contributed by atoms with van der Waals surface area (Å²) in [4.78, 5) is 57.9. The summed E-state index contributed by atoms with van der Waals surface area (Å²) in [7, 11) is 1.38. The van der Waals surface area contributed by atoms with Gasteiger partial charge in [0.05, 0.1) is 25.1 Å². The smallest absolute Gasteiger partial charge is 0.249 e. The van der Waals surface area contributed by atoms with Crippen molar-refractivity contribution in [2.45, 2.75) is 61.9 Å². The molecule has 6 bridgehead atoms. The number of methoxy groups -OCH3 is 1. The Morgan fingerprint density at radius 2 is 1.83 bits per heavy atom. The molecule has 4 fully saturated rings. The first-order chi connectivity index (χ1) is 19.7. The Kier molecular flexibility index (Phi) is 8.75. The Labute approximate surface area is 237 Å². The van der Waals surface area contributed by atoms with Crippen LogP contribution >= 0.6 is 0 Å². The van der Waals surface area contributed by atoms with Crippen LogP contribution in [0.4, 0.5) is 0 Å². The van der Waals surface area contributed by atoms with Crippen molar-refractivity contribution < 1.29 is 44.0 Å². The van der Waals surface area contributed by atoms with Gasteiger partial charge >= 0.3 is 0 Å². The van der Waals surface area contributed by atoms with Crippen LogP contribution in [0.2, 0.25) is 0 Å². The van der Waals surface area contributed by atoms with Gasteiger partial charge in [-0.25, -0.2) is 0 Å². The van der Waals surface area contributed by atoms with Crippen LogP contribution in [-0.2, 0) is 35.2 Å². The van der Waals surface area contributed by atoms with E-state index < -0.39 is 60.3 Å². The lowest BCUT2D eigenvalue weighted by Crippen LogP contribution is -2.64. The lowest BCUT2D eigenvalue weighted by Gasteiger charge is -2.42. The van der Waals surface area contributed by atoms with Crippen LogP contribution in [0.1, 0.15) is 18.4 Å². The third-order valence-corrected chi connectivity index (χ3v) is 8.33. The number of fused-ring (bicyclic) bond motifs is 6. The molecule has 224 valence electrons. The number of carbonyl (C=O) groups excluding carboxylic acids is 4. The van der Waals surface area contributed by atoms with Gasteiger partial charge in [0.1, 0.15) is 36.7 Å². The fraction of sp³-hybridized carbons (Fsp3) is 0.630. The Hall–Kier alpha value is -3.30. The third-order valence-electron chi connectivity index (χ3n) is 8.33. The van der Waals surface area contributed by atoms with Gasteiger partial charge in [-0.1, -0.05) is 18.2 Å². The Morgan fingerprint density at radius 1 is 1.07 bits per heavy atom.